The first kappa shape index (κ1) is 13.0. The molecule has 0 unspecified atom stereocenters. The van der Waals surface area contributed by atoms with Gasteiger partial charge in [0.25, 0.3) is 0 Å². The van der Waals surface area contributed by atoms with E-state index in [1.807, 2.05) is 13.8 Å². The van der Waals surface area contributed by atoms with Gasteiger partial charge in [0.2, 0.25) is 0 Å². The normalized spacial score (nSPS) is 22.6. The Kier molecular flexibility index (Phi) is 4.98. The van der Waals surface area contributed by atoms with Crippen molar-refractivity contribution in [2.45, 2.75) is 60.3 Å². The maximum absolute atomic E-state index is 5.59. The maximum Gasteiger partial charge on any atom is -0.00720 e. The van der Waals surface area contributed by atoms with Gasteiger partial charge < -0.3 is 5.73 Å². The van der Waals surface area contributed by atoms with Crippen LogP contribution in [0, 0.1) is 10.8 Å². The molecule has 0 heterocycles. The number of rotatable bonds is 3. The van der Waals surface area contributed by atoms with E-state index in [0.29, 0.717) is 10.8 Å². The van der Waals surface area contributed by atoms with Gasteiger partial charge in [-0.3, -0.25) is 0 Å². The first-order valence-electron chi connectivity index (χ1n) is 5.74. The van der Waals surface area contributed by atoms with Crippen molar-refractivity contribution in [1.82, 2.24) is 0 Å². The van der Waals surface area contributed by atoms with Crippen LogP contribution in [0.15, 0.2) is 0 Å². The lowest BCUT2D eigenvalue weighted by atomic mass is 9.52. The lowest BCUT2D eigenvalue weighted by Gasteiger charge is -2.53. The summed E-state index contributed by atoms with van der Waals surface area (Å²) in [6.07, 6.45) is 5.31. The van der Waals surface area contributed by atoms with Gasteiger partial charge in [0.1, 0.15) is 0 Å². The molecule has 1 fully saturated rings. The molecule has 0 aromatic heterocycles. The lowest BCUT2D eigenvalue weighted by Crippen LogP contribution is -2.43. The largest absolute Gasteiger partial charge is 0.330 e. The second-order valence-corrected chi connectivity index (χ2v) is 4.91. The van der Waals surface area contributed by atoms with Gasteiger partial charge in [-0.1, -0.05) is 41.0 Å². The molecule has 0 spiro atoms. The Balaban J connectivity index is 0.000000671. The highest BCUT2D eigenvalue weighted by atomic mass is 14.6. The summed E-state index contributed by atoms with van der Waals surface area (Å²) in [6.45, 7) is 11.9. The minimum Gasteiger partial charge on any atom is -0.330 e. The molecule has 1 aliphatic carbocycles. The molecule has 0 aliphatic heterocycles. The van der Waals surface area contributed by atoms with Crippen molar-refractivity contribution in [1.29, 1.82) is 0 Å². The van der Waals surface area contributed by atoms with E-state index in [9.17, 15) is 0 Å². The smallest absolute Gasteiger partial charge is 0.00720 e. The Morgan fingerprint density at radius 2 is 1.62 bits per heavy atom. The van der Waals surface area contributed by atoms with Gasteiger partial charge in [-0.25, -0.2) is 0 Å². The van der Waals surface area contributed by atoms with E-state index in [0.717, 1.165) is 6.54 Å². The third kappa shape index (κ3) is 3.30. The van der Waals surface area contributed by atoms with Crippen LogP contribution >= 0.6 is 0 Å². The molecule has 0 aromatic rings. The second kappa shape index (κ2) is 4.99. The molecule has 0 radical (unpaired) electrons. The highest BCUT2D eigenvalue weighted by molar-refractivity contribution is 4.97. The van der Waals surface area contributed by atoms with Crippen LogP contribution in [-0.4, -0.2) is 6.54 Å². The van der Waals surface area contributed by atoms with Crippen LogP contribution in [0.2, 0.25) is 0 Å². The van der Waals surface area contributed by atoms with E-state index in [1.54, 1.807) is 0 Å². The van der Waals surface area contributed by atoms with Crippen molar-refractivity contribution in [2.75, 3.05) is 6.54 Å². The highest BCUT2D eigenvalue weighted by Gasteiger charge is 2.46. The molecule has 1 nitrogen and oxygen atoms in total. The summed E-state index contributed by atoms with van der Waals surface area (Å²) >= 11 is 0. The lowest BCUT2D eigenvalue weighted by molar-refractivity contribution is -0.0213. The molecule has 80 valence electrons. The van der Waals surface area contributed by atoms with Crippen molar-refractivity contribution in [3.63, 3.8) is 0 Å². The van der Waals surface area contributed by atoms with Crippen LogP contribution < -0.4 is 5.73 Å². The van der Waals surface area contributed by atoms with Crippen molar-refractivity contribution >= 4 is 0 Å². The van der Waals surface area contributed by atoms with Gasteiger partial charge in [0.05, 0.1) is 0 Å². The molecule has 1 rings (SSSR count). The molecule has 0 atom stereocenters. The zero-order valence-electron chi connectivity index (χ0n) is 10.1. The van der Waals surface area contributed by atoms with Gasteiger partial charge in [0, 0.05) is 0 Å². The third-order valence-electron chi connectivity index (χ3n) is 3.13. The van der Waals surface area contributed by atoms with Gasteiger partial charge in [-0.05, 0) is 36.6 Å². The average Bonchev–Trinajstić information content (AvgIpc) is 2.05. The molecule has 0 amide bonds. The Bertz CT molecular complexity index is 130. The fraction of sp³-hybridized carbons (Fsp3) is 1.00. The molecular formula is C12H27N. The summed E-state index contributed by atoms with van der Waals surface area (Å²) in [5, 5.41) is 0. The topological polar surface area (TPSA) is 26.0 Å². The van der Waals surface area contributed by atoms with Crippen LogP contribution in [0.3, 0.4) is 0 Å². The molecule has 0 saturated heterocycles. The molecule has 0 aromatic carbocycles. The van der Waals surface area contributed by atoms with Crippen LogP contribution in [0.1, 0.15) is 60.3 Å². The van der Waals surface area contributed by atoms with E-state index in [1.165, 1.54) is 25.7 Å². The maximum atomic E-state index is 5.59. The first-order chi connectivity index (χ1) is 6.04. The van der Waals surface area contributed by atoms with Crippen molar-refractivity contribution in [3.8, 4) is 0 Å². The molecule has 0 bridgehead atoms. The third-order valence-corrected chi connectivity index (χ3v) is 3.13. The molecular weight excluding hydrogens is 158 g/mol. The predicted molar refractivity (Wildman–Crippen MR) is 60.8 cm³/mol. The Hall–Kier alpha value is -0.0400. The fourth-order valence-corrected chi connectivity index (χ4v) is 2.89. The Labute approximate surface area is 84.1 Å². The van der Waals surface area contributed by atoms with Gasteiger partial charge >= 0.3 is 0 Å². The summed E-state index contributed by atoms with van der Waals surface area (Å²) in [5.41, 5.74) is 6.81. The minimum absolute atomic E-state index is 0.602. The number of hydrogen-bond donors (Lipinski definition) is 1. The zero-order valence-corrected chi connectivity index (χ0v) is 10.1. The summed E-state index contributed by atoms with van der Waals surface area (Å²) in [6, 6.07) is 0. The Morgan fingerprint density at radius 3 is 1.85 bits per heavy atom. The predicted octanol–water partition coefficient (Wildman–Crippen LogP) is 3.58. The van der Waals surface area contributed by atoms with E-state index >= 15 is 0 Å². The van der Waals surface area contributed by atoms with Crippen LogP contribution in [-0.2, 0) is 0 Å². The SMILES string of the molecule is CC.CCC1(CCN)CC(C)(C)C1. The molecule has 2 N–H and O–H groups in total. The molecule has 13 heavy (non-hydrogen) atoms. The summed E-state index contributed by atoms with van der Waals surface area (Å²) in [7, 11) is 0. The summed E-state index contributed by atoms with van der Waals surface area (Å²) in [5.74, 6) is 0. The summed E-state index contributed by atoms with van der Waals surface area (Å²) in [4.78, 5) is 0. The van der Waals surface area contributed by atoms with E-state index in [-0.39, 0.29) is 0 Å². The molecule has 1 saturated carbocycles. The highest BCUT2D eigenvalue weighted by Crippen LogP contribution is 2.57. The fourth-order valence-electron chi connectivity index (χ4n) is 2.89. The minimum atomic E-state index is 0.602. The molecule has 1 aliphatic rings. The van der Waals surface area contributed by atoms with E-state index in [2.05, 4.69) is 20.8 Å². The average molecular weight is 185 g/mol. The standard InChI is InChI=1S/C10H21N.C2H6/c1-4-10(5-6-11)7-9(2,3)8-10;1-2/h4-8,11H2,1-3H3;1-2H3. The van der Waals surface area contributed by atoms with Crippen LogP contribution in [0.5, 0.6) is 0 Å². The van der Waals surface area contributed by atoms with Crippen molar-refractivity contribution in [3.05, 3.63) is 0 Å². The monoisotopic (exact) mass is 185 g/mol. The number of nitrogens with two attached hydrogens (primary N) is 1. The van der Waals surface area contributed by atoms with Crippen molar-refractivity contribution in [2.24, 2.45) is 16.6 Å². The van der Waals surface area contributed by atoms with E-state index < -0.39 is 0 Å². The Morgan fingerprint density at radius 1 is 1.15 bits per heavy atom. The van der Waals surface area contributed by atoms with Gasteiger partial charge in [0.15, 0.2) is 0 Å². The first-order valence-corrected chi connectivity index (χ1v) is 5.74. The van der Waals surface area contributed by atoms with Crippen LogP contribution in [0.4, 0.5) is 0 Å². The number of hydrogen-bond acceptors (Lipinski definition) is 1. The van der Waals surface area contributed by atoms with Crippen LogP contribution in [0.25, 0.3) is 0 Å². The molecule has 1 heteroatoms. The second-order valence-electron chi connectivity index (χ2n) is 4.91. The van der Waals surface area contributed by atoms with Crippen molar-refractivity contribution < 1.29 is 0 Å². The van der Waals surface area contributed by atoms with Gasteiger partial charge in [-0.2, -0.15) is 0 Å². The van der Waals surface area contributed by atoms with Gasteiger partial charge in [-0.15, -0.1) is 0 Å². The quantitative estimate of drug-likeness (QED) is 0.714. The summed E-state index contributed by atoms with van der Waals surface area (Å²) < 4.78 is 0. The zero-order chi connectivity index (χ0) is 10.5. The van der Waals surface area contributed by atoms with E-state index in [4.69, 9.17) is 5.73 Å².